The molecule has 0 bridgehead atoms. The average Bonchev–Trinajstić information content (AvgIpc) is 3.00. The van der Waals surface area contributed by atoms with Gasteiger partial charge in [-0.3, -0.25) is 4.79 Å². The third kappa shape index (κ3) is 5.14. The standard InChI is InChI=1S/C17H26N2O2/c1-2-4-17(20)16(18)11-13-6-8-15(9-7-13)21-12-14-5-3-10-19-14/h6-9,14,16,19H,2-5,10-12,18H2,1H3. The molecule has 1 aromatic carbocycles. The molecule has 1 aliphatic rings. The first kappa shape index (κ1) is 16.0. The van der Waals surface area contributed by atoms with E-state index in [1.807, 2.05) is 31.2 Å². The van der Waals surface area contributed by atoms with Gasteiger partial charge in [0.05, 0.1) is 6.04 Å². The van der Waals surface area contributed by atoms with E-state index in [2.05, 4.69) is 5.32 Å². The first-order chi connectivity index (χ1) is 10.2. The Morgan fingerprint density at radius 2 is 2.19 bits per heavy atom. The third-order valence-corrected chi connectivity index (χ3v) is 3.90. The molecule has 2 rings (SSSR count). The van der Waals surface area contributed by atoms with E-state index in [0.29, 0.717) is 25.5 Å². The molecule has 1 saturated heterocycles. The summed E-state index contributed by atoms with van der Waals surface area (Å²) in [7, 11) is 0. The predicted molar refractivity (Wildman–Crippen MR) is 84.6 cm³/mol. The lowest BCUT2D eigenvalue weighted by Gasteiger charge is -2.13. The second-order valence-corrected chi connectivity index (χ2v) is 5.78. The van der Waals surface area contributed by atoms with Gasteiger partial charge in [0.2, 0.25) is 0 Å². The van der Waals surface area contributed by atoms with Crippen LogP contribution in [0.4, 0.5) is 0 Å². The number of carbonyl (C=O) groups is 1. The average molecular weight is 290 g/mol. The number of ether oxygens (including phenoxy) is 1. The molecule has 1 aromatic rings. The van der Waals surface area contributed by atoms with Gasteiger partial charge < -0.3 is 15.8 Å². The number of ketones is 1. The van der Waals surface area contributed by atoms with Gasteiger partial charge in [-0.1, -0.05) is 19.1 Å². The number of hydrogen-bond donors (Lipinski definition) is 2. The first-order valence-electron chi connectivity index (χ1n) is 7.92. The van der Waals surface area contributed by atoms with Gasteiger partial charge in [0.1, 0.15) is 18.1 Å². The van der Waals surface area contributed by atoms with Crippen LogP contribution in [0.1, 0.15) is 38.2 Å². The maximum absolute atomic E-state index is 11.7. The van der Waals surface area contributed by atoms with Crippen LogP contribution in [0, 0.1) is 0 Å². The van der Waals surface area contributed by atoms with Gasteiger partial charge >= 0.3 is 0 Å². The number of carbonyl (C=O) groups excluding carboxylic acids is 1. The molecule has 4 heteroatoms. The molecular formula is C17H26N2O2. The zero-order valence-corrected chi connectivity index (χ0v) is 12.8. The Labute approximate surface area is 127 Å². The Balaban J connectivity index is 1.79. The Morgan fingerprint density at radius 3 is 2.81 bits per heavy atom. The Morgan fingerprint density at radius 1 is 1.43 bits per heavy atom. The van der Waals surface area contributed by atoms with Crippen LogP contribution < -0.4 is 15.8 Å². The minimum Gasteiger partial charge on any atom is -0.492 e. The second-order valence-electron chi connectivity index (χ2n) is 5.78. The van der Waals surface area contributed by atoms with Crippen LogP contribution in [0.25, 0.3) is 0 Å². The van der Waals surface area contributed by atoms with Crippen molar-refractivity contribution in [1.82, 2.24) is 5.32 Å². The molecule has 0 aromatic heterocycles. The molecule has 116 valence electrons. The maximum atomic E-state index is 11.7. The number of benzene rings is 1. The summed E-state index contributed by atoms with van der Waals surface area (Å²) >= 11 is 0. The molecule has 1 aliphatic heterocycles. The summed E-state index contributed by atoms with van der Waals surface area (Å²) in [5, 5.41) is 3.41. The van der Waals surface area contributed by atoms with Crippen LogP contribution in [0.15, 0.2) is 24.3 Å². The molecule has 0 saturated carbocycles. The van der Waals surface area contributed by atoms with Gasteiger partial charge in [0.25, 0.3) is 0 Å². The van der Waals surface area contributed by atoms with Gasteiger partial charge in [-0.15, -0.1) is 0 Å². The molecule has 3 N–H and O–H groups in total. The normalized spacial score (nSPS) is 19.4. The number of nitrogens with one attached hydrogen (secondary N) is 1. The number of Topliss-reactive ketones (excluding diaryl/α,β-unsaturated/α-hetero) is 1. The Bertz CT molecular complexity index is 439. The molecule has 0 amide bonds. The van der Waals surface area contributed by atoms with Crippen LogP contribution in [0.3, 0.4) is 0 Å². The quantitative estimate of drug-likeness (QED) is 0.769. The zero-order valence-electron chi connectivity index (χ0n) is 12.8. The van der Waals surface area contributed by atoms with Crippen LogP contribution in [0.2, 0.25) is 0 Å². The van der Waals surface area contributed by atoms with Crippen molar-refractivity contribution in [3.05, 3.63) is 29.8 Å². The van der Waals surface area contributed by atoms with E-state index in [1.165, 1.54) is 12.8 Å². The molecule has 2 atom stereocenters. The van der Waals surface area contributed by atoms with Crippen LogP contribution >= 0.6 is 0 Å². The van der Waals surface area contributed by atoms with E-state index in [0.717, 1.165) is 24.3 Å². The van der Waals surface area contributed by atoms with E-state index in [9.17, 15) is 4.79 Å². The smallest absolute Gasteiger partial charge is 0.149 e. The Kier molecular flexibility index (Phi) is 6.21. The van der Waals surface area contributed by atoms with Gasteiger partial charge in [-0.05, 0) is 49.9 Å². The summed E-state index contributed by atoms with van der Waals surface area (Å²) in [6, 6.07) is 8.00. The molecule has 4 nitrogen and oxygen atoms in total. The highest BCUT2D eigenvalue weighted by atomic mass is 16.5. The summed E-state index contributed by atoms with van der Waals surface area (Å²) in [5.74, 6) is 1.02. The monoisotopic (exact) mass is 290 g/mol. The lowest BCUT2D eigenvalue weighted by Crippen LogP contribution is -2.32. The van der Waals surface area contributed by atoms with Gasteiger partial charge in [-0.25, -0.2) is 0 Å². The largest absolute Gasteiger partial charge is 0.492 e. The lowest BCUT2D eigenvalue weighted by atomic mass is 10.0. The Hall–Kier alpha value is -1.39. The van der Waals surface area contributed by atoms with Crippen molar-refractivity contribution < 1.29 is 9.53 Å². The highest BCUT2D eigenvalue weighted by Crippen LogP contribution is 2.15. The molecule has 0 aliphatic carbocycles. The minimum atomic E-state index is -0.389. The van der Waals surface area contributed by atoms with Crippen molar-refractivity contribution in [3.8, 4) is 5.75 Å². The molecule has 2 unspecified atom stereocenters. The topological polar surface area (TPSA) is 64.4 Å². The third-order valence-electron chi connectivity index (χ3n) is 3.90. The van der Waals surface area contributed by atoms with Crippen molar-refractivity contribution in [3.63, 3.8) is 0 Å². The van der Waals surface area contributed by atoms with E-state index < -0.39 is 0 Å². The van der Waals surface area contributed by atoms with Crippen molar-refractivity contribution in [2.24, 2.45) is 5.73 Å². The molecule has 21 heavy (non-hydrogen) atoms. The molecule has 0 radical (unpaired) electrons. The van der Waals surface area contributed by atoms with Crippen molar-refractivity contribution in [2.75, 3.05) is 13.2 Å². The van der Waals surface area contributed by atoms with E-state index in [1.54, 1.807) is 0 Å². The summed E-state index contributed by atoms with van der Waals surface area (Å²) < 4.78 is 5.78. The predicted octanol–water partition coefficient (Wildman–Crippen LogP) is 2.06. The van der Waals surface area contributed by atoms with Crippen LogP contribution in [-0.4, -0.2) is 31.0 Å². The van der Waals surface area contributed by atoms with Crippen LogP contribution in [-0.2, 0) is 11.2 Å². The van der Waals surface area contributed by atoms with E-state index in [4.69, 9.17) is 10.5 Å². The van der Waals surface area contributed by atoms with Crippen molar-refractivity contribution in [1.29, 1.82) is 0 Å². The fraction of sp³-hybridized carbons (Fsp3) is 0.588. The highest BCUT2D eigenvalue weighted by Gasteiger charge is 2.15. The number of hydrogen-bond acceptors (Lipinski definition) is 4. The fourth-order valence-corrected chi connectivity index (χ4v) is 2.62. The highest BCUT2D eigenvalue weighted by molar-refractivity contribution is 5.83. The van der Waals surface area contributed by atoms with Gasteiger partial charge in [0, 0.05) is 12.5 Å². The minimum absolute atomic E-state index is 0.144. The fourth-order valence-electron chi connectivity index (χ4n) is 2.62. The number of nitrogens with two attached hydrogens (primary N) is 1. The maximum Gasteiger partial charge on any atom is 0.149 e. The lowest BCUT2D eigenvalue weighted by molar-refractivity contribution is -0.120. The summed E-state index contributed by atoms with van der Waals surface area (Å²) in [4.78, 5) is 11.7. The number of rotatable bonds is 8. The van der Waals surface area contributed by atoms with Gasteiger partial charge in [0.15, 0.2) is 0 Å². The first-order valence-corrected chi connectivity index (χ1v) is 7.92. The van der Waals surface area contributed by atoms with Crippen LogP contribution in [0.5, 0.6) is 5.75 Å². The second kappa shape index (κ2) is 8.15. The van der Waals surface area contributed by atoms with Crippen molar-refractivity contribution >= 4 is 5.78 Å². The van der Waals surface area contributed by atoms with Crippen molar-refractivity contribution in [2.45, 2.75) is 51.1 Å². The molecule has 1 heterocycles. The summed E-state index contributed by atoms with van der Waals surface area (Å²) in [6.45, 7) is 3.81. The van der Waals surface area contributed by atoms with E-state index in [-0.39, 0.29) is 11.8 Å². The molecule has 1 fully saturated rings. The summed E-state index contributed by atoms with van der Waals surface area (Å²) in [6.07, 6.45) is 4.44. The van der Waals surface area contributed by atoms with E-state index >= 15 is 0 Å². The zero-order chi connectivity index (χ0) is 15.1. The SMILES string of the molecule is CCCC(=O)C(N)Cc1ccc(OCC2CCCN2)cc1. The van der Waals surface area contributed by atoms with Gasteiger partial charge in [-0.2, -0.15) is 0 Å². The molecular weight excluding hydrogens is 264 g/mol. The summed E-state index contributed by atoms with van der Waals surface area (Å²) in [5.41, 5.74) is 7.01. The molecule has 0 spiro atoms.